The van der Waals surface area contributed by atoms with Crippen molar-refractivity contribution in [3.8, 4) is 0 Å². The lowest BCUT2D eigenvalue weighted by Crippen LogP contribution is -2.23. The third-order valence-corrected chi connectivity index (χ3v) is 5.05. The first-order valence-corrected chi connectivity index (χ1v) is 10.1. The molecule has 0 atom stereocenters. The van der Waals surface area contributed by atoms with Crippen molar-refractivity contribution in [2.75, 3.05) is 31.3 Å². The molecular weight excluding hydrogens is 320 g/mol. The summed E-state index contributed by atoms with van der Waals surface area (Å²) in [6.07, 6.45) is 0.476. The molecule has 4 nitrogen and oxygen atoms in total. The third kappa shape index (κ3) is 11.4. The molecule has 0 saturated carbocycles. The summed E-state index contributed by atoms with van der Waals surface area (Å²) in [4.78, 5) is 23.2. The molecule has 0 rings (SSSR count). The first-order valence-electron chi connectivity index (χ1n) is 7.58. The molecular formula is C16H30O4S2. The van der Waals surface area contributed by atoms with Crippen molar-refractivity contribution in [2.24, 2.45) is 10.8 Å². The molecule has 0 aromatic rings. The fourth-order valence-corrected chi connectivity index (χ4v) is 2.93. The van der Waals surface area contributed by atoms with E-state index in [-0.39, 0.29) is 17.2 Å². The van der Waals surface area contributed by atoms with Gasteiger partial charge in [0.25, 0.3) is 0 Å². The van der Waals surface area contributed by atoms with Crippen LogP contribution in [0.25, 0.3) is 0 Å². The van der Waals surface area contributed by atoms with Gasteiger partial charge in [-0.2, -0.15) is 0 Å². The van der Waals surface area contributed by atoms with E-state index >= 15 is 0 Å². The van der Waals surface area contributed by atoms with Crippen LogP contribution in [0.15, 0.2) is 0 Å². The first kappa shape index (κ1) is 21.8. The molecule has 0 aromatic carbocycles. The average Bonchev–Trinajstić information content (AvgIpc) is 2.38. The highest BCUT2D eigenvalue weighted by molar-refractivity contribution is 8.76. The van der Waals surface area contributed by atoms with Crippen LogP contribution in [-0.2, 0) is 19.1 Å². The summed E-state index contributed by atoms with van der Waals surface area (Å²) >= 11 is 0. The van der Waals surface area contributed by atoms with E-state index in [1.54, 1.807) is 21.6 Å². The van der Waals surface area contributed by atoms with Gasteiger partial charge in [0.15, 0.2) is 0 Å². The molecule has 0 aliphatic rings. The third-order valence-electron chi connectivity index (χ3n) is 2.72. The number of esters is 1. The van der Waals surface area contributed by atoms with Crippen molar-refractivity contribution in [1.29, 1.82) is 0 Å². The number of hydrogen-bond acceptors (Lipinski definition) is 6. The zero-order chi connectivity index (χ0) is 17.2. The molecule has 0 amide bonds. The normalized spacial score (nSPS) is 12.3. The van der Waals surface area contributed by atoms with Crippen LogP contribution in [0.2, 0.25) is 0 Å². The smallest absolute Gasteiger partial charge is 0.311 e. The minimum Gasteiger partial charge on any atom is -0.464 e. The lowest BCUT2D eigenvalue weighted by Gasteiger charge is -2.16. The van der Waals surface area contributed by atoms with E-state index in [1.165, 1.54) is 0 Å². The van der Waals surface area contributed by atoms with Gasteiger partial charge in [-0.25, -0.2) is 0 Å². The Morgan fingerprint density at radius 1 is 0.818 bits per heavy atom. The Morgan fingerprint density at radius 2 is 1.36 bits per heavy atom. The van der Waals surface area contributed by atoms with Crippen molar-refractivity contribution in [3.63, 3.8) is 0 Å². The minimum atomic E-state index is -0.434. The summed E-state index contributed by atoms with van der Waals surface area (Å²) in [5.41, 5.74) is -0.714. The summed E-state index contributed by atoms with van der Waals surface area (Å²) in [6.45, 7) is 12.9. The van der Waals surface area contributed by atoms with Gasteiger partial charge < -0.3 is 9.47 Å². The number of ketones is 1. The Bertz CT molecular complexity index is 309. The highest BCUT2D eigenvalue weighted by Crippen LogP contribution is 2.21. The largest absolute Gasteiger partial charge is 0.464 e. The molecule has 0 aliphatic heterocycles. The topological polar surface area (TPSA) is 52.6 Å². The summed E-state index contributed by atoms with van der Waals surface area (Å²) in [5, 5.41) is 0. The van der Waals surface area contributed by atoms with E-state index in [4.69, 9.17) is 9.47 Å². The van der Waals surface area contributed by atoms with E-state index < -0.39 is 5.41 Å². The van der Waals surface area contributed by atoms with E-state index in [0.717, 1.165) is 11.5 Å². The molecule has 0 radical (unpaired) electrons. The van der Waals surface area contributed by atoms with Crippen LogP contribution in [0.4, 0.5) is 0 Å². The number of carbonyl (C=O) groups is 2. The van der Waals surface area contributed by atoms with Gasteiger partial charge in [-0.1, -0.05) is 42.4 Å². The SMILES string of the molecule is CC(C)(C)C(=O)CCOCCSSCCOC(=O)C(C)(C)C. The standard InChI is InChI=1S/C16H30O4S2/c1-15(2,3)13(17)7-8-19-9-11-21-22-12-10-20-14(18)16(4,5)6/h7-12H2,1-6H3. The fraction of sp³-hybridized carbons (Fsp3) is 0.875. The summed E-state index contributed by atoms with van der Waals surface area (Å²) < 4.78 is 10.6. The Balaban J connectivity index is 3.38. The van der Waals surface area contributed by atoms with Gasteiger partial charge in [0.1, 0.15) is 12.4 Å². The first-order chi connectivity index (χ1) is 10.0. The monoisotopic (exact) mass is 350 g/mol. The second-order valence-electron chi connectivity index (χ2n) is 7.07. The fourth-order valence-electron chi connectivity index (χ4n) is 1.24. The summed E-state index contributed by atoms with van der Waals surface area (Å²) in [6, 6.07) is 0. The van der Waals surface area contributed by atoms with Gasteiger partial charge in [-0.15, -0.1) is 0 Å². The maximum atomic E-state index is 11.7. The highest BCUT2D eigenvalue weighted by Gasteiger charge is 2.22. The molecule has 0 N–H and O–H groups in total. The van der Waals surface area contributed by atoms with Gasteiger partial charge in [0, 0.05) is 23.3 Å². The van der Waals surface area contributed by atoms with Crippen molar-refractivity contribution in [3.05, 3.63) is 0 Å². The second-order valence-corrected chi connectivity index (χ2v) is 9.77. The van der Waals surface area contributed by atoms with Crippen LogP contribution in [0.3, 0.4) is 0 Å². The molecule has 130 valence electrons. The van der Waals surface area contributed by atoms with Gasteiger partial charge in [-0.05, 0) is 20.8 Å². The molecule has 0 fully saturated rings. The Morgan fingerprint density at radius 3 is 1.86 bits per heavy atom. The van der Waals surface area contributed by atoms with Crippen LogP contribution in [-0.4, -0.2) is 43.1 Å². The Hall–Kier alpha value is -0.200. The average molecular weight is 351 g/mol. The molecule has 0 saturated heterocycles. The summed E-state index contributed by atoms with van der Waals surface area (Å²) in [7, 11) is 3.36. The van der Waals surface area contributed by atoms with Crippen LogP contribution in [0.1, 0.15) is 48.0 Å². The molecule has 0 bridgehead atoms. The van der Waals surface area contributed by atoms with Crippen molar-refractivity contribution >= 4 is 33.3 Å². The molecule has 0 aliphatic carbocycles. The number of rotatable bonds is 10. The molecule has 6 heteroatoms. The Kier molecular flexibility index (Phi) is 10.5. The predicted octanol–water partition coefficient (Wildman–Crippen LogP) is 3.98. The van der Waals surface area contributed by atoms with E-state index in [9.17, 15) is 9.59 Å². The highest BCUT2D eigenvalue weighted by atomic mass is 33.1. The number of ether oxygens (including phenoxy) is 2. The van der Waals surface area contributed by atoms with E-state index in [0.29, 0.717) is 26.2 Å². The molecule has 22 heavy (non-hydrogen) atoms. The lowest BCUT2D eigenvalue weighted by atomic mass is 9.89. The molecule has 0 aromatic heterocycles. The number of hydrogen-bond donors (Lipinski definition) is 0. The van der Waals surface area contributed by atoms with Gasteiger partial charge in [0.2, 0.25) is 0 Å². The van der Waals surface area contributed by atoms with Gasteiger partial charge in [0.05, 0.1) is 18.6 Å². The van der Waals surface area contributed by atoms with Crippen LogP contribution in [0.5, 0.6) is 0 Å². The van der Waals surface area contributed by atoms with Gasteiger partial charge >= 0.3 is 5.97 Å². The van der Waals surface area contributed by atoms with Crippen molar-refractivity contribution in [1.82, 2.24) is 0 Å². The van der Waals surface area contributed by atoms with E-state index in [2.05, 4.69) is 0 Å². The quantitative estimate of drug-likeness (QED) is 0.337. The van der Waals surface area contributed by atoms with Crippen LogP contribution in [0, 0.1) is 10.8 Å². The minimum absolute atomic E-state index is 0.162. The van der Waals surface area contributed by atoms with Crippen LogP contribution >= 0.6 is 21.6 Å². The van der Waals surface area contributed by atoms with Crippen LogP contribution < -0.4 is 0 Å². The van der Waals surface area contributed by atoms with Crippen molar-refractivity contribution < 1.29 is 19.1 Å². The summed E-state index contributed by atoms with van der Waals surface area (Å²) in [5.74, 6) is 1.71. The van der Waals surface area contributed by atoms with Crippen molar-refractivity contribution in [2.45, 2.75) is 48.0 Å². The molecule has 0 heterocycles. The Labute approximate surface area is 142 Å². The second kappa shape index (κ2) is 10.6. The van der Waals surface area contributed by atoms with Gasteiger partial charge in [-0.3, -0.25) is 9.59 Å². The maximum absolute atomic E-state index is 11.7. The molecule has 0 spiro atoms. The van der Waals surface area contributed by atoms with E-state index in [1.807, 2.05) is 41.5 Å². The zero-order valence-corrected chi connectivity index (χ0v) is 16.3. The molecule has 0 unspecified atom stereocenters. The lowest BCUT2D eigenvalue weighted by molar-refractivity contribution is -0.152. The maximum Gasteiger partial charge on any atom is 0.311 e. The predicted molar refractivity (Wildman–Crippen MR) is 95.2 cm³/mol. The number of Topliss-reactive ketones (excluding diaryl/α,β-unsaturated/α-hetero) is 1. The number of carbonyl (C=O) groups excluding carboxylic acids is 2. The zero-order valence-electron chi connectivity index (χ0n) is 14.7.